The van der Waals surface area contributed by atoms with Crippen LogP contribution >= 0.6 is 11.6 Å². The van der Waals surface area contributed by atoms with Gasteiger partial charge in [-0.05, 0) is 24.3 Å². The van der Waals surface area contributed by atoms with E-state index in [4.69, 9.17) is 20.8 Å². The molecule has 1 saturated heterocycles. The SMILES string of the molecule is COc1cccc(N2CCN(Cc3ncc(-c4cccc(Cl)c4)o3)CC2)c1. The lowest BCUT2D eigenvalue weighted by Crippen LogP contribution is -2.46. The lowest BCUT2D eigenvalue weighted by molar-refractivity contribution is 0.227. The third kappa shape index (κ3) is 4.26. The van der Waals surface area contributed by atoms with Gasteiger partial charge in [0.2, 0.25) is 5.89 Å². The molecule has 140 valence electrons. The summed E-state index contributed by atoms with van der Waals surface area (Å²) in [6.07, 6.45) is 1.77. The zero-order valence-corrected chi connectivity index (χ0v) is 16.0. The molecule has 1 aromatic heterocycles. The molecule has 1 aliphatic rings. The second-order valence-corrected chi connectivity index (χ2v) is 7.03. The lowest BCUT2D eigenvalue weighted by atomic mass is 10.2. The van der Waals surface area contributed by atoms with E-state index >= 15 is 0 Å². The summed E-state index contributed by atoms with van der Waals surface area (Å²) in [5.74, 6) is 2.38. The van der Waals surface area contributed by atoms with Crippen molar-refractivity contribution in [1.82, 2.24) is 9.88 Å². The number of oxazole rings is 1. The van der Waals surface area contributed by atoms with Crippen LogP contribution in [0.5, 0.6) is 5.75 Å². The van der Waals surface area contributed by atoms with E-state index in [0.29, 0.717) is 11.6 Å². The van der Waals surface area contributed by atoms with Gasteiger partial charge < -0.3 is 14.1 Å². The molecule has 27 heavy (non-hydrogen) atoms. The van der Waals surface area contributed by atoms with Crippen LogP contribution in [-0.4, -0.2) is 43.2 Å². The van der Waals surface area contributed by atoms with Gasteiger partial charge in [0.1, 0.15) is 5.75 Å². The highest BCUT2D eigenvalue weighted by molar-refractivity contribution is 6.30. The van der Waals surface area contributed by atoms with Crippen LogP contribution in [0.25, 0.3) is 11.3 Å². The van der Waals surface area contributed by atoms with Crippen LogP contribution in [-0.2, 0) is 6.54 Å². The molecule has 1 aliphatic heterocycles. The van der Waals surface area contributed by atoms with Gasteiger partial charge in [0, 0.05) is 48.5 Å². The number of aromatic nitrogens is 1. The first-order chi connectivity index (χ1) is 13.2. The molecule has 0 aliphatic carbocycles. The summed E-state index contributed by atoms with van der Waals surface area (Å²) in [5, 5.41) is 0.694. The summed E-state index contributed by atoms with van der Waals surface area (Å²) >= 11 is 6.06. The molecule has 0 saturated carbocycles. The van der Waals surface area contributed by atoms with Gasteiger partial charge in [-0.2, -0.15) is 0 Å². The van der Waals surface area contributed by atoms with Crippen molar-refractivity contribution in [3.8, 4) is 17.1 Å². The van der Waals surface area contributed by atoms with E-state index in [2.05, 4.69) is 26.9 Å². The number of piperazine rings is 1. The van der Waals surface area contributed by atoms with Gasteiger partial charge >= 0.3 is 0 Å². The predicted molar refractivity (Wildman–Crippen MR) is 107 cm³/mol. The number of halogens is 1. The second-order valence-electron chi connectivity index (χ2n) is 6.59. The highest BCUT2D eigenvalue weighted by atomic mass is 35.5. The fourth-order valence-corrected chi connectivity index (χ4v) is 3.51. The van der Waals surface area contributed by atoms with Gasteiger partial charge in [-0.1, -0.05) is 29.8 Å². The summed E-state index contributed by atoms with van der Waals surface area (Å²) in [4.78, 5) is 9.18. The molecule has 0 N–H and O–H groups in total. The van der Waals surface area contributed by atoms with Crippen molar-refractivity contribution in [3.63, 3.8) is 0 Å². The Bertz CT molecular complexity index is 904. The average Bonchev–Trinajstić information content (AvgIpc) is 3.17. The highest BCUT2D eigenvalue weighted by Crippen LogP contribution is 2.25. The second kappa shape index (κ2) is 8.03. The summed E-state index contributed by atoms with van der Waals surface area (Å²) in [5.41, 5.74) is 2.15. The maximum atomic E-state index is 6.06. The number of rotatable bonds is 5. The zero-order valence-electron chi connectivity index (χ0n) is 15.3. The third-order valence-corrected chi connectivity index (χ3v) is 5.05. The van der Waals surface area contributed by atoms with Crippen LogP contribution in [0.1, 0.15) is 5.89 Å². The molecule has 0 atom stereocenters. The molecular formula is C21H22ClN3O2. The molecule has 1 fully saturated rings. The first kappa shape index (κ1) is 17.9. The summed E-state index contributed by atoms with van der Waals surface area (Å²) in [6.45, 7) is 4.58. The quantitative estimate of drug-likeness (QED) is 0.656. The maximum Gasteiger partial charge on any atom is 0.209 e. The minimum Gasteiger partial charge on any atom is -0.497 e. The van der Waals surface area contributed by atoms with Crippen LogP contribution in [0.4, 0.5) is 5.69 Å². The van der Waals surface area contributed by atoms with E-state index < -0.39 is 0 Å². The van der Waals surface area contributed by atoms with Gasteiger partial charge in [0.15, 0.2) is 5.76 Å². The van der Waals surface area contributed by atoms with Crippen molar-refractivity contribution in [1.29, 1.82) is 0 Å². The largest absolute Gasteiger partial charge is 0.497 e. The van der Waals surface area contributed by atoms with E-state index in [0.717, 1.165) is 49.1 Å². The number of benzene rings is 2. The van der Waals surface area contributed by atoms with E-state index in [1.807, 2.05) is 36.4 Å². The Morgan fingerprint density at radius 1 is 1.07 bits per heavy atom. The highest BCUT2D eigenvalue weighted by Gasteiger charge is 2.19. The number of nitrogens with zero attached hydrogens (tertiary/aromatic N) is 3. The molecular weight excluding hydrogens is 362 g/mol. The van der Waals surface area contributed by atoms with E-state index in [1.54, 1.807) is 13.3 Å². The fourth-order valence-electron chi connectivity index (χ4n) is 3.32. The maximum absolute atomic E-state index is 6.06. The molecule has 6 heteroatoms. The van der Waals surface area contributed by atoms with Crippen molar-refractivity contribution in [2.75, 3.05) is 38.2 Å². The van der Waals surface area contributed by atoms with Gasteiger partial charge in [0.05, 0.1) is 19.9 Å². The fraction of sp³-hybridized carbons (Fsp3) is 0.286. The minimum atomic E-state index is 0.694. The lowest BCUT2D eigenvalue weighted by Gasteiger charge is -2.35. The van der Waals surface area contributed by atoms with E-state index in [-0.39, 0.29) is 0 Å². The first-order valence-corrected chi connectivity index (χ1v) is 9.41. The van der Waals surface area contributed by atoms with Gasteiger partial charge in [0.25, 0.3) is 0 Å². The van der Waals surface area contributed by atoms with Crippen molar-refractivity contribution < 1.29 is 9.15 Å². The van der Waals surface area contributed by atoms with Crippen LogP contribution in [0.15, 0.2) is 59.1 Å². The molecule has 5 nitrogen and oxygen atoms in total. The number of methoxy groups -OCH3 is 1. The Balaban J connectivity index is 1.35. The molecule has 0 bridgehead atoms. The van der Waals surface area contributed by atoms with E-state index in [1.165, 1.54) is 5.69 Å². The van der Waals surface area contributed by atoms with E-state index in [9.17, 15) is 0 Å². The Morgan fingerprint density at radius 2 is 1.89 bits per heavy atom. The summed E-state index contributed by atoms with van der Waals surface area (Å²) < 4.78 is 11.3. The topological polar surface area (TPSA) is 41.7 Å². The number of hydrogen-bond donors (Lipinski definition) is 0. The van der Waals surface area contributed by atoms with Crippen LogP contribution < -0.4 is 9.64 Å². The van der Waals surface area contributed by atoms with Crippen molar-refractivity contribution in [2.45, 2.75) is 6.54 Å². The third-order valence-electron chi connectivity index (χ3n) is 4.81. The summed E-state index contributed by atoms with van der Waals surface area (Å²) in [7, 11) is 1.70. The Morgan fingerprint density at radius 3 is 2.67 bits per heavy atom. The number of ether oxygens (including phenoxy) is 1. The molecule has 0 spiro atoms. The monoisotopic (exact) mass is 383 g/mol. The van der Waals surface area contributed by atoms with Crippen LogP contribution in [0.3, 0.4) is 0 Å². The Hall–Kier alpha value is -2.50. The van der Waals surface area contributed by atoms with Gasteiger partial charge in [-0.25, -0.2) is 4.98 Å². The standard InChI is InChI=1S/C21H22ClN3O2/c1-26-19-7-3-6-18(13-19)25-10-8-24(9-11-25)15-21-23-14-20(27-21)16-4-2-5-17(22)12-16/h2-7,12-14H,8-11,15H2,1H3. The molecule has 3 aromatic rings. The molecule has 0 unspecified atom stereocenters. The summed E-state index contributed by atoms with van der Waals surface area (Å²) in [6, 6.07) is 15.8. The van der Waals surface area contributed by atoms with Gasteiger partial charge in [-0.3, -0.25) is 4.90 Å². The molecule has 4 rings (SSSR count). The van der Waals surface area contributed by atoms with Crippen molar-refractivity contribution in [3.05, 3.63) is 65.6 Å². The zero-order chi connectivity index (χ0) is 18.6. The predicted octanol–water partition coefficient (Wildman–Crippen LogP) is 4.33. The number of hydrogen-bond acceptors (Lipinski definition) is 5. The molecule has 0 radical (unpaired) electrons. The molecule has 2 aromatic carbocycles. The smallest absolute Gasteiger partial charge is 0.209 e. The Kier molecular flexibility index (Phi) is 5.32. The number of anilines is 1. The molecule has 2 heterocycles. The first-order valence-electron chi connectivity index (χ1n) is 9.03. The molecule has 0 amide bonds. The van der Waals surface area contributed by atoms with Gasteiger partial charge in [-0.15, -0.1) is 0 Å². The van der Waals surface area contributed by atoms with Crippen LogP contribution in [0, 0.1) is 0 Å². The average molecular weight is 384 g/mol. The minimum absolute atomic E-state index is 0.694. The van der Waals surface area contributed by atoms with Crippen molar-refractivity contribution >= 4 is 17.3 Å². The van der Waals surface area contributed by atoms with Crippen LogP contribution in [0.2, 0.25) is 5.02 Å². The van der Waals surface area contributed by atoms with Crippen molar-refractivity contribution in [2.24, 2.45) is 0 Å². The normalized spacial score (nSPS) is 15.1. The Labute approximate surface area is 164 Å².